The molecule has 2 rings (SSSR count). The summed E-state index contributed by atoms with van der Waals surface area (Å²) in [7, 11) is 0. The largest absolute Gasteiger partial charge is 0.435 e. The maximum atomic E-state index is 12.0. The number of rotatable bonds is 5. The van der Waals surface area contributed by atoms with Gasteiger partial charge in [-0.05, 0) is 18.2 Å². The number of hydrogen-bond donors (Lipinski definition) is 1. The van der Waals surface area contributed by atoms with Gasteiger partial charge in [0.1, 0.15) is 12.1 Å². The van der Waals surface area contributed by atoms with E-state index in [9.17, 15) is 8.78 Å². The van der Waals surface area contributed by atoms with Crippen molar-refractivity contribution in [1.82, 2.24) is 9.97 Å². The summed E-state index contributed by atoms with van der Waals surface area (Å²) in [6, 6.07) is 8.15. The summed E-state index contributed by atoms with van der Waals surface area (Å²) in [5, 5.41) is 3.06. The van der Waals surface area contributed by atoms with Crippen molar-refractivity contribution in [2.45, 2.75) is 13.2 Å². The van der Waals surface area contributed by atoms with Gasteiger partial charge in [0.15, 0.2) is 0 Å². The van der Waals surface area contributed by atoms with Crippen LogP contribution < -0.4 is 10.1 Å². The van der Waals surface area contributed by atoms with Crippen molar-refractivity contribution in [3.63, 3.8) is 0 Å². The first kappa shape index (κ1) is 12.2. The number of nitrogens with one attached hydrogen (secondary N) is 1. The molecule has 6 heteroatoms. The van der Waals surface area contributed by atoms with Gasteiger partial charge in [0.05, 0.1) is 12.2 Å². The molecule has 2 aromatic rings. The van der Waals surface area contributed by atoms with E-state index in [1.807, 2.05) is 0 Å². The Morgan fingerprint density at radius 3 is 2.89 bits per heavy atom. The van der Waals surface area contributed by atoms with E-state index in [0.29, 0.717) is 12.2 Å². The molecule has 0 spiro atoms. The van der Waals surface area contributed by atoms with E-state index in [-0.39, 0.29) is 5.75 Å². The standard InChI is InChI=1S/C12H11F2N3O/c13-12(14)18-11-3-1-2-9(6-11)16-7-10-4-5-15-8-17-10/h1-6,8,12,16H,7H2. The molecule has 0 atom stereocenters. The fraction of sp³-hybridized carbons (Fsp3) is 0.167. The molecular formula is C12H11F2N3O. The second-order valence-corrected chi connectivity index (χ2v) is 3.46. The van der Waals surface area contributed by atoms with Gasteiger partial charge in [0.25, 0.3) is 0 Å². The minimum absolute atomic E-state index is 0.123. The topological polar surface area (TPSA) is 47.0 Å². The number of nitrogens with zero attached hydrogens (tertiary/aromatic N) is 2. The molecule has 0 unspecified atom stereocenters. The van der Waals surface area contributed by atoms with Gasteiger partial charge in [0.2, 0.25) is 0 Å². The Bertz CT molecular complexity index is 494. The second-order valence-electron chi connectivity index (χ2n) is 3.46. The van der Waals surface area contributed by atoms with E-state index in [0.717, 1.165) is 5.69 Å². The number of halogens is 2. The quantitative estimate of drug-likeness (QED) is 0.887. The summed E-state index contributed by atoms with van der Waals surface area (Å²) in [4.78, 5) is 7.84. The summed E-state index contributed by atoms with van der Waals surface area (Å²) in [5.74, 6) is 0.123. The first-order chi connectivity index (χ1) is 8.74. The van der Waals surface area contributed by atoms with Crippen LogP contribution in [0, 0.1) is 0 Å². The molecule has 18 heavy (non-hydrogen) atoms. The summed E-state index contributed by atoms with van der Waals surface area (Å²) in [6.07, 6.45) is 3.09. The fourth-order valence-corrected chi connectivity index (χ4v) is 1.40. The molecule has 0 fully saturated rings. The van der Waals surface area contributed by atoms with E-state index in [1.165, 1.54) is 18.5 Å². The molecule has 0 aliphatic carbocycles. The third-order valence-electron chi connectivity index (χ3n) is 2.18. The second kappa shape index (κ2) is 5.90. The van der Waals surface area contributed by atoms with Gasteiger partial charge in [-0.3, -0.25) is 0 Å². The Labute approximate surface area is 103 Å². The highest BCUT2D eigenvalue weighted by Crippen LogP contribution is 2.19. The lowest BCUT2D eigenvalue weighted by Crippen LogP contribution is -2.04. The first-order valence-corrected chi connectivity index (χ1v) is 5.27. The summed E-state index contributed by atoms with van der Waals surface area (Å²) < 4.78 is 28.4. The zero-order valence-electron chi connectivity index (χ0n) is 9.38. The van der Waals surface area contributed by atoms with E-state index in [4.69, 9.17) is 0 Å². The normalized spacial score (nSPS) is 10.4. The molecule has 1 N–H and O–H groups in total. The van der Waals surface area contributed by atoms with Crippen molar-refractivity contribution < 1.29 is 13.5 Å². The van der Waals surface area contributed by atoms with Crippen molar-refractivity contribution in [2.24, 2.45) is 0 Å². The minimum Gasteiger partial charge on any atom is -0.435 e. The summed E-state index contributed by atoms with van der Waals surface area (Å²) in [5.41, 5.74) is 1.50. The lowest BCUT2D eigenvalue weighted by molar-refractivity contribution is -0.0498. The smallest absolute Gasteiger partial charge is 0.387 e. The van der Waals surface area contributed by atoms with Gasteiger partial charge >= 0.3 is 6.61 Å². The molecule has 0 aliphatic heterocycles. The van der Waals surface area contributed by atoms with Crippen molar-refractivity contribution in [2.75, 3.05) is 5.32 Å². The van der Waals surface area contributed by atoms with Crippen LogP contribution in [-0.4, -0.2) is 16.6 Å². The third kappa shape index (κ3) is 3.65. The zero-order chi connectivity index (χ0) is 12.8. The molecule has 0 aliphatic rings. The van der Waals surface area contributed by atoms with Crippen molar-refractivity contribution in [3.8, 4) is 5.75 Å². The third-order valence-corrected chi connectivity index (χ3v) is 2.18. The summed E-state index contributed by atoms with van der Waals surface area (Å²) in [6.45, 7) is -2.33. The number of aromatic nitrogens is 2. The van der Waals surface area contributed by atoms with Gasteiger partial charge in [-0.1, -0.05) is 6.07 Å². The number of hydrogen-bond acceptors (Lipinski definition) is 4. The summed E-state index contributed by atoms with van der Waals surface area (Å²) >= 11 is 0. The van der Waals surface area contributed by atoms with Crippen LogP contribution in [0.2, 0.25) is 0 Å². The van der Waals surface area contributed by atoms with E-state index < -0.39 is 6.61 Å². The fourth-order valence-electron chi connectivity index (χ4n) is 1.40. The van der Waals surface area contributed by atoms with Crippen molar-refractivity contribution in [3.05, 3.63) is 48.5 Å². The molecule has 4 nitrogen and oxygen atoms in total. The van der Waals surface area contributed by atoms with Crippen LogP contribution in [0.3, 0.4) is 0 Å². The Balaban J connectivity index is 1.97. The molecule has 0 amide bonds. The van der Waals surface area contributed by atoms with Crippen LogP contribution in [0.25, 0.3) is 0 Å². The van der Waals surface area contributed by atoms with Gasteiger partial charge in [0, 0.05) is 18.0 Å². The van der Waals surface area contributed by atoms with E-state index >= 15 is 0 Å². The first-order valence-electron chi connectivity index (χ1n) is 5.27. The number of alkyl halides is 2. The maximum absolute atomic E-state index is 12.0. The van der Waals surface area contributed by atoms with Crippen LogP contribution >= 0.6 is 0 Å². The molecule has 1 aromatic heterocycles. The zero-order valence-corrected chi connectivity index (χ0v) is 9.38. The van der Waals surface area contributed by atoms with E-state index in [1.54, 1.807) is 24.4 Å². The lowest BCUT2D eigenvalue weighted by Gasteiger charge is -2.08. The van der Waals surface area contributed by atoms with E-state index in [2.05, 4.69) is 20.0 Å². The number of ether oxygens (including phenoxy) is 1. The Hall–Kier alpha value is -2.24. The highest BCUT2D eigenvalue weighted by Gasteiger charge is 2.04. The van der Waals surface area contributed by atoms with Crippen LogP contribution in [0.15, 0.2) is 42.9 Å². The average molecular weight is 251 g/mol. The van der Waals surface area contributed by atoms with Gasteiger partial charge < -0.3 is 10.1 Å². The molecule has 94 valence electrons. The molecule has 0 radical (unpaired) electrons. The molecule has 1 aromatic carbocycles. The highest BCUT2D eigenvalue weighted by atomic mass is 19.3. The van der Waals surface area contributed by atoms with Gasteiger partial charge in [-0.15, -0.1) is 0 Å². The van der Waals surface area contributed by atoms with Gasteiger partial charge in [-0.2, -0.15) is 8.78 Å². The minimum atomic E-state index is -2.82. The molecule has 0 bridgehead atoms. The average Bonchev–Trinajstić information content (AvgIpc) is 2.37. The SMILES string of the molecule is FC(F)Oc1cccc(NCc2ccncn2)c1. The predicted molar refractivity (Wildman–Crippen MR) is 62.4 cm³/mol. The predicted octanol–water partition coefficient (Wildman–Crippen LogP) is 2.69. The van der Waals surface area contributed by atoms with Crippen molar-refractivity contribution >= 4 is 5.69 Å². The molecular weight excluding hydrogens is 240 g/mol. The van der Waals surface area contributed by atoms with Crippen LogP contribution in [0.4, 0.5) is 14.5 Å². The maximum Gasteiger partial charge on any atom is 0.387 e. The van der Waals surface area contributed by atoms with Gasteiger partial charge in [-0.25, -0.2) is 9.97 Å². The van der Waals surface area contributed by atoms with Crippen molar-refractivity contribution in [1.29, 1.82) is 0 Å². The van der Waals surface area contributed by atoms with Crippen LogP contribution in [0.5, 0.6) is 5.75 Å². The Morgan fingerprint density at radius 2 is 2.17 bits per heavy atom. The lowest BCUT2D eigenvalue weighted by atomic mass is 10.3. The highest BCUT2D eigenvalue weighted by molar-refractivity contribution is 5.48. The Morgan fingerprint density at radius 1 is 1.28 bits per heavy atom. The number of anilines is 1. The molecule has 0 saturated heterocycles. The molecule has 1 heterocycles. The Kier molecular flexibility index (Phi) is 4.01. The molecule has 0 saturated carbocycles. The van der Waals surface area contributed by atoms with Crippen LogP contribution in [-0.2, 0) is 6.54 Å². The van der Waals surface area contributed by atoms with Crippen LogP contribution in [0.1, 0.15) is 5.69 Å². The number of benzene rings is 1. The monoisotopic (exact) mass is 251 g/mol.